The van der Waals surface area contributed by atoms with Crippen molar-refractivity contribution in [3.05, 3.63) is 44.9 Å². The smallest absolute Gasteiger partial charge is 0.269 e. The molecule has 1 unspecified atom stereocenters. The predicted molar refractivity (Wildman–Crippen MR) is 140 cm³/mol. The fourth-order valence-corrected chi connectivity index (χ4v) is 6.85. The predicted octanol–water partition coefficient (Wildman–Crippen LogP) is 4.42. The molecule has 6 rings (SSSR count). The quantitative estimate of drug-likeness (QED) is 0.362. The van der Waals surface area contributed by atoms with E-state index in [1.165, 1.54) is 30.4 Å². The molecule has 0 radical (unpaired) electrons. The van der Waals surface area contributed by atoms with Gasteiger partial charge < -0.3 is 21.7 Å². The Morgan fingerprint density at radius 3 is 2.58 bits per heavy atom. The van der Waals surface area contributed by atoms with Crippen LogP contribution in [0.3, 0.4) is 0 Å². The third-order valence-electron chi connectivity index (χ3n) is 7.83. The summed E-state index contributed by atoms with van der Waals surface area (Å²) in [6, 6.07) is 4.49. The van der Waals surface area contributed by atoms with Gasteiger partial charge in [-0.05, 0) is 62.6 Å². The number of carbonyl (C=O) groups is 3. The van der Waals surface area contributed by atoms with Gasteiger partial charge in [0.25, 0.3) is 11.8 Å². The summed E-state index contributed by atoms with van der Waals surface area (Å²) in [5.74, 6) is 0.306. The number of carbonyl (C=O) groups excluding carboxylic acids is 3. The van der Waals surface area contributed by atoms with Crippen LogP contribution in [0.15, 0.2) is 24.4 Å². The van der Waals surface area contributed by atoms with E-state index >= 15 is 0 Å². The van der Waals surface area contributed by atoms with Gasteiger partial charge in [0.15, 0.2) is 5.69 Å². The molecule has 0 spiro atoms. The van der Waals surface area contributed by atoms with Gasteiger partial charge in [-0.3, -0.25) is 14.4 Å². The molecule has 3 amide bonds. The number of nitrogens with one attached hydrogen (secondary N) is 3. The molecule has 4 aliphatic carbocycles. The lowest BCUT2D eigenvalue weighted by molar-refractivity contribution is -0.135. The first kappa shape index (κ1) is 25.0. The second-order valence-corrected chi connectivity index (χ2v) is 12.2. The maximum atomic E-state index is 13.2. The molecule has 2 aromatic heterocycles. The zero-order valence-electron chi connectivity index (χ0n) is 20.3. The number of amides is 3. The van der Waals surface area contributed by atoms with E-state index in [9.17, 15) is 14.4 Å². The Morgan fingerprint density at radius 1 is 1.22 bits per heavy atom. The molecule has 4 saturated carbocycles. The largest absolute Gasteiger partial charge is 0.376 e. The van der Waals surface area contributed by atoms with Crippen LogP contribution in [0, 0.1) is 11.8 Å². The van der Waals surface area contributed by atoms with Crippen LogP contribution in [0.1, 0.15) is 89.4 Å². The summed E-state index contributed by atoms with van der Waals surface area (Å²) in [4.78, 5) is 43.5. The summed E-state index contributed by atoms with van der Waals surface area (Å²) in [6.45, 7) is 1.92. The van der Waals surface area contributed by atoms with Gasteiger partial charge in [0.05, 0.1) is 21.6 Å². The lowest BCUT2D eigenvalue weighted by Crippen LogP contribution is -2.70. The van der Waals surface area contributed by atoms with Crippen molar-refractivity contribution in [3.8, 4) is 0 Å². The summed E-state index contributed by atoms with van der Waals surface area (Å²) in [5, 5.41) is 9.88. The SMILES string of the molecule is CC(Nc1cc(Cl)cnc1C(N)=O)c1ccc(C(=O)N[C@@H](CC2CCCC2)C(=O)NC23CC(C2)C3)s1. The number of anilines is 1. The Bertz CT molecular complexity index is 1160. The van der Waals surface area contributed by atoms with Crippen molar-refractivity contribution in [3.63, 3.8) is 0 Å². The van der Waals surface area contributed by atoms with E-state index in [0.29, 0.717) is 27.9 Å². The number of pyridine rings is 1. The summed E-state index contributed by atoms with van der Waals surface area (Å²) in [7, 11) is 0. The number of thiophene rings is 1. The van der Waals surface area contributed by atoms with E-state index in [0.717, 1.165) is 42.9 Å². The molecule has 4 aliphatic rings. The Morgan fingerprint density at radius 2 is 1.94 bits per heavy atom. The van der Waals surface area contributed by atoms with Gasteiger partial charge in [0.1, 0.15) is 6.04 Å². The zero-order valence-corrected chi connectivity index (χ0v) is 21.9. The third kappa shape index (κ3) is 5.22. The monoisotopic (exact) mass is 529 g/mol. The average molecular weight is 530 g/mol. The summed E-state index contributed by atoms with van der Waals surface area (Å²) in [5.41, 5.74) is 5.96. The van der Waals surface area contributed by atoms with Crippen LogP contribution in [0.5, 0.6) is 0 Å². The van der Waals surface area contributed by atoms with Gasteiger partial charge >= 0.3 is 0 Å². The molecule has 2 aromatic rings. The molecule has 10 heteroatoms. The first-order valence-electron chi connectivity index (χ1n) is 12.7. The second-order valence-electron chi connectivity index (χ2n) is 10.6. The molecule has 2 atom stereocenters. The Balaban J connectivity index is 1.25. The van der Waals surface area contributed by atoms with Crippen LogP contribution < -0.4 is 21.7 Å². The first-order valence-corrected chi connectivity index (χ1v) is 13.9. The van der Waals surface area contributed by atoms with Crippen molar-refractivity contribution in [2.75, 3.05) is 5.32 Å². The zero-order chi connectivity index (χ0) is 25.4. The van der Waals surface area contributed by atoms with Gasteiger partial charge in [-0.1, -0.05) is 37.3 Å². The van der Waals surface area contributed by atoms with Crippen molar-refractivity contribution in [2.45, 2.75) is 75.9 Å². The van der Waals surface area contributed by atoms with Crippen molar-refractivity contribution in [2.24, 2.45) is 17.6 Å². The van der Waals surface area contributed by atoms with Gasteiger partial charge in [0, 0.05) is 16.6 Å². The van der Waals surface area contributed by atoms with Gasteiger partial charge in [0.2, 0.25) is 5.91 Å². The maximum absolute atomic E-state index is 13.2. The van der Waals surface area contributed by atoms with E-state index in [4.69, 9.17) is 17.3 Å². The Hall–Kier alpha value is -2.65. The molecule has 2 heterocycles. The summed E-state index contributed by atoms with van der Waals surface area (Å²) in [6.07, 6.45) is 9.89. The number of rotatable bonds is 10. The Kier molecular flexibility index (Phi) is 6.96. The molecule has 0 saturated heterocycles. The molecule has 0 aromatic carbocycles. The van der Waals surface area contributed by atoms with E-state index in [-0.39, 0.29) is 29.1 Å². The number of hydrogen-bond donors (Lipinski definition) is 4. The number of halogens is 1. The molecule has 2 bridgehead atoms. The molecule has 0 aliphatic heterocycles. The number of nitrogens with zero attached hydrogens (tertiary/aromatic N) is 1. The molecule has 36 heavy (non-hydrogen) atoms. The third-order valence-corrected chi connectivity index (χ3v) is 9.30. The highest BCUT2D eigenvalue weighted by molar-refractivity contribution is 7.14. The summed E-state index contributed by atoms with van der Waals surface area (Å²) >= 11 is 7.39. The Labute approximate surface area is 219 Å². The van der Waals surface area contributed by atoms with Crippen molar-refractivity contribution < 1.29 is 14.4 Å². The molecule has 192 valence electrons. The van der Waals surface area contributed by atoms with E-state index in [2.05, 4.69) is 20.9 Å². The molecular formula is C26H32ClN5O3S. The number of nitrogens with two attached hydrogens (primary N) is 1. The van der Waals surface area contributed by atoms with Crippen LogP contribution in [0.25, 0.3) is 0 Å². The van der Waals surface area contributed by atoms with E-state index < -0.39 is 11.9 Å². The molecule has 5 N–H and O–H groups in total. The summed E-state index contributed by atoms with van der Waals surface area (Å²) < 4.78 is 0. The lowest BCUT2D eigenvalue weighted by atomic mass is 9.50. The van der Waals surface area contributed by atoms with E-state index in [1.807, 2.05) is 13.0 Å². The molecule has 8 nitrogen and oxygen atoms in total. The molecular weight excluding hydrogens is 498 g/mol. The van der Waals surface area contributed by atoms with Crippen LogP contribution in [0.2, 0.25) is 5.02 Å². The molecule has 4 fully saturated rings. The topological polar surface area (TPSA) is 126 Å². The fraction of sp³-hybridized carbons (Fsp3) is 0.538. The minimum atomic E-state index is -0.655. The highest BCUT2D eigenvalue weighted by Gasteiger charge is 2.57. The highest BCUT2D eigenvalue weighted by Crippen LogP contribution is 2.57. The van der Waals surface area contributed by atoms with Gasteiger partial charge in [-0.2, -0.15) is 0 Å². The van der Waals surface area contributed by atoms with Crippen LogP contribution in [0.4, 0.5) is 5.69 Å². The normalized spacial score (nSPS) is 24.2. The minimum Gasteiger partial charge on any atom is -0.376 e. The number of primary amides is 1. The van der Waals surface area contributed by atoms with Crippen LogP contribution in [-0.2, 0) is 4.79 Å². The first-order chi connectivity index (χ1) is 17.2. The minimum absolute atomic E-state index is 0.0173. The van der Waals surface area contributed by atoms with Crippen LogP contribution >= 0.6 is 22.9 Å². The van der Waals surface area contributed by atoms with Crippen LogP contribution in [-0.4, -0.2) is 34.3 Å². The second kappa shape index (κ2) is 10.0. The van der Waals surface area contributed by atoms with E-state index in [1.54, 1.807) is 12.1 Å². The van der Waals surface area contributed by atoms with Gasteiger partial charge in [-0.15, -0.1) is 11.3 Å². The standard InChI is InChI=1S/C26H32ClN5O3S/c1-14(30-18-9-17(27)13-29-22(18)23(28)33)20-6-7-21(36-20)25(35)31-19(8-15-4-2-3-5-15)24(34)32-26-10-16(11-26)12-26/h6-7,9,13-16,19,30H,2-5,8,10-12H2,1H3,(H2,28,33)(H,31,35)(H,32,34)/t14?,16?,19-,26?/m0/s1. The van der Waals surface area contributed by atoms with Crippen molar-refractivity contribution >= 4 is 46.3 Å². The number of hydrogen-bond acceptors (Lipinski definition) is 6. The highest BCUT2D eigenvalue weighted by atomic mass is 35.5. The van der Waals surface area contributed by atoms with Crippen molar-refractivity contribution in [1.29, 1.82) is 0 Å². The van der Waals surface area contributed by atoms with Gasteiger partial charge in [-0.25, -0.2) is 4.98 Å². The lowest BCUT2D eigenvalue weighted by Gasteiger charge is -2.62. The average Bonchev–Trinajstić information content (AvgIpc) is 3.47. The fourth-order valence-electron chi connectivity index (χ4n) is 5.78. The number of aromatic nitrogens is 1. The van der Waals surface area contributed by atoms with Crippen molar-refractivity contribution in [1.82, 2.24) is 15.6 Å². The maximum Gasteiger partial charge on any atom is 0.269 e.